The van der Waals surface area contributed by atoms with Crippen molar-refractivity contribution in [3.63, 3.8) is 0 Å². The molecule has 1 amide bonds. The third-order valence-corrected chi connectivity index (χ3v) is 2.15. The van der Waals surface area contributed by atoms with E-state index in [1.807, 2.05) is 14.1 Å². The summed E-state index contributed by atoms with van der Waals surface area (Å²) < 4.78 is 0.284. The van der Waals surface area contributed by atoms with E-state index in [2.05, 4.69) is 12.2 Å². The summed E-state index contributed by atoms with van der Waals surface area (Å²) in [6.45, 7) is 2.90. The number of nitrogens with one attached hydrogen (secondary N) is 2. The van der Waals surface area contributed by atoms with Crippen molar-refractivity contribution in [1.82, 2.24) is 5.32 Å². The summed E-state index contributed by atoms with van der Waals surface area (Å²) in [5.74, 6) is 0.0219. The molecule has 0 aliphatic rings. The maximum atomic E-state index is 10.3. The van der Waals surface area contributed by atoms with Gasteiger partial charge < -0.3 is 5.11 Å². The Hall–Kier alpha value is -1.10. The second kappa shape index (κ2) is 5.59. The minimum atomic E-state index is -1.17. The van der Waals surface area contributed by atoms with Gasteiger partial charge in [-0.1, -0.05) is 13.3 Å². The highest BCUT2D eigenvalue weighted by atomic mass is 16.4. The number of hydrogen-bond acceptors (Lipinski definition) is 2. The summed E-state index contributed by atoms with van der Waals surface area (Å²) in [6.07, 6.45) is 2.08. The third-order valence-electron chi connectivity index (χ3n) is 2.15. The van der Waals surface area contributed by atoms with Gasteiger partial charge in [-0.15, -0.1) is 0 Å². The van der Waals surface area contributed by atoms with Crippen molar-refractivity contribution in [3.8, 4) is 0 Å². The fourth-order valence-electron chi connectivity index (χ4n) is 1.12. The summed E-state index contributed by atoms with van der Waals surface area (Å²) in [6, 6.07) is 0. The zero-order chi connectivity index (χ0) is 11.2. The van der Waals surface area contributed by atoms with Crippen molar-refractivity contribution in [2.75, 3.05) is 20.6 Å². The van der Waals surface area contributed by atoms with Crippen LogP contribution in [0.1, 0.15) is 26.2 Å². The van der Waals surface area contributed by atoms with E-state index in [0.717, 1.165) is 25.8 Å². The van der Waals surface area contributed by atoms with Gasteiger partial charge in [0.1, 0.15) is 0 Å². The highest BCUT2D eigenvalue weighted by molar-refractivity contribution is 5.87. The van der Waals surface area contributed by atoms with Crippen molar-refractivity contribution in [2.24, 2.45) is 0 Å². The zero-order valence-electron chi connectivity index (χ0n) is 9.13. The second-order valence-corrected chi connectivity index (χ2v) is 3.89. The van der Waals surface area contributed by atoms with E-state index in [9.17, 15) is 4.79 Å². The third kappa shape index (κ3) is 4.81. The molecule has 0 atom stereocenters. The molecule has 82 valence electrons. The van der Waals surface area contributed by atoms with E-state index >= 15 is 0 Å². The van der Waals surface area contributed by atoms with Crippen molar-refractivity contribution in [2.45, 2.75) is 26.2 Å². The van der Waals surface area contributed by atoms with E-state index in [1.54, 1.807) is 0 Å². The Balaban J connectivity index is 4.02. The number of carbonyl (C=O) groups is 1. The normalized spacial score (nSPS) is 11.1. The van der Waals surface area contributed by atoms with Crippen LogP contribution in [0.4, 0.5) is 4.79 Å². The Kier molecular flexibility index (Phi) is 5.15. The number of hydrogen-bond donors (Lipinski definition) is 3. The number of carboxylic acid groups (broad SMARTS) is 1. The number of guanidine groups is 1. The van der Waals surface area contributed by atoms with E-state index < -0.39 is 6.09 Å². The molecular formula is C9H20N3O2+. The molecule has 0 rings (SSSR count). The summed E-state index contributed by atoms with van der Waals surface area (Å²) in [7, 11) is 3.65. The fraction of sp³-hybridized carbons (Fsp3) is 0.778. The molecule has 0 unspecified atom stereocenters. The van der Waals surface area contributed by atoms with Crippen LogP contribution in [0.2, 0.25) is 0 Å². The molecule has 5 heteroatoms. The first-order valence-corrected chi connectivity index (χ1v) is 4.82. The number of quaternary nitrogens is 1. The standard InChI is InChI=1S/C9H19N3O2/c1-4-5-6-7-12(2,3)8(10)11-9(13)14/h4-7H2,1-3H3,(H2-,10,11,13,14)/p+1. The average molecular weight is 202 g/mol. The van der Waals surface area contributed by atoms with Gasteiger partial charge in [-0.25, -0.2) is 15.5 Å². The molecule has 0 aromatic heterocycles. The Morgan fingerprint density at radius 2 is 2.00 bits per heavy atom. The summed E-state index contributed by atoms with van der Waals surface area (Å²) in [5.41, 5.74) is 0. The molecule has 0 aromatic rings. The van der Waals surface area contributed by atoms with Gasteiger partial charge in [0.15, 0.2) is 0 Å². The molecule has 0 aliphatic carbocycles. The van der Waals surface area contributed by atoms with Crippen LogP contribution in [0.25, 0.3) is 0 Å². The fourth-order valence-corrected chi connectivity index (χ4v) is 1.12. The number of nitrogens with zero attached hydrogens (tertiary/aromatic N) is 1. The van der Waals surface area contributed by atoms with Crippen LogP contribution in [-0.2, 0) is 0 Å². The van der Waals surface area contributed by atoms with E-state index in [1.165, 1.54) is 0 Å². The molecule has 0 spiro atoms. The predicted octanol–water partition coefficient (Wildman–Crippen LogP) is 1.46. The molecule has 0 fully saturated rings. The molecule has 0 heterocycles. The molecular weight excluding hydrogens is 182 g/mol. The van der Waals surface area contributed by atoms with Crippen LogP contribution >= 0.6 is 0 Å². The van der Waals surface area contributed by atoms with Crippen LogP contribution in [0.5, 0.6) is 0 Å². The summed E-state index contributed by atoms with van der Waals surface area (Å²) in [4.78, 5) is 10.3. The topological polar surface area (TPSA) is 73.2 Å². The number of amides is 1. The molecule has 5 nitrogen and oxygen atoms in total. The monoisotopic (exact) mass is 202 g/mol. The zero-order valence-corrected chi connectivity index (χ0v) is 9.13. The highest BCUT2D eigenvalue weighted by Gasteiger charge is 2.23. The van der Waals surface area contributed by atoms with E-state index in [0.29, 0.717) is 0 Å². The van der Waals surface area contributed by atoms with Gasteiger partial charge in [-0.05, 0) is 12.8 Å². The van der Waals surface area contributed by atoms with Gasteiger partial charge in [0.05, 0.1) is 20.6 Å². The van der Waals surface area contributed by atoms with Crippen molar-refractivity contribution in [3.05, 3.63) is 0 Å². The first-order chi connectivity index (χ1) is 6.40. The van der Waals surface area contributed by atoms with Crippen LogP contribution < -0.4 is 5.32 Å². The van der Waals surface area contributed by atoms with Gasteiger partial charge in [0.2, 0.25) is 0 Å². The molecule has 0 aliphatic heterocycles. The van der Waals surface area contributed by atoms with Gasteiger partial charge in [0, 0.05) is 0 Å². The van der Waals surface area contributed by atoms with Crippen molar-refractivity contribution >= 4 is 12.1 Å². The molecule has 0 radical (unpaired) electrons. The lowest BCUT2D eigenvalue weighted by Crippen LogP contribution is -2.53. The molecule has 0 bridgehead atoms. The number of rotatable bonds is 4. The van der Waals surface area contributed by atoms with E-state index in [-0.39, 0.29) is 10.4 Å². The average Bonchev–Trinajstić information content (AvgIpc) is 2.03. The lowest BCUT2D eigenvalue weighted by Gasteiger charge is -2.28. The quantitative estimate of drug-likeness (QED) is 0.279. The van der Waals surface area contributed by atoms with Crippen LogP contribution in [0, 0.1) is 5.41 Å². The Morgan fingerprint density at radius 1 is 1.43 bits per heavy atom. The lowest BCUT2D eigenvalue weighted by atomic mass is 10.2. The number of unbranched alkanes of at least 4 members (excludes halogenated alkanes) is 2. The Morgan fingerprint density at radius 3 is 2.43 bits per heavy atom. The minimum absolute atomic E-state index is 0.0219. The van der Waals surface area contributed by atoms with Crippen LogP contribution in [0.3, 0.4) is 0 Å². The van der Waals surface area contributed by atoms with Crippen molar-refractivity contribution in [1.29, 1.82) is 5.41 Å². The summed E-state index contributed by atoms with van der Waals surface area (Å²) >= 11 is 0. The van der Waals surface area contributed by atoms with Gasteiger partial charge in [-0.3, -0.25) is 4.48 Å². The molecule has 0 saturated carbocycles. The Labute approximate surface area is 84.8 Å². The lowest BCUT2D eigenvalue weighted by molar-refractivity contribution is -0.802. The molecule has 0 aromatic carbocycles. The Bertz CT molecular complexity index is 214. The molecule has 14 heavy (non-hydrogen) atoms. The first-order valence-electron chi connectivity index (χ1n) is 4.82. The first kappa shape index (κ1) is 12.9. The maximum Gasteiger partial charge on any atom is 0.414 e. The van der Waals surface area contributed by atoms with Gasteiger partial charge >= 0.3 is 12.1 Å². The molecule has 3 N–H and O–H groups in total. The second-order valence-electron chi connectivity index (χ2n) is 3.89. The molecule has 0 saturated heterocycles. The van der Waals surface area contributed by atoms with Gasteiger partial charge in [-0.2, -0.15) is 0 Å². The largest absolute Gasteiger partial charge is 0.465 e. The summed E-state index contributed by atoms with van der Waals surface area (Å²) in [5, 5.41) is 18.1. The predicted molar refractivity (Wildman–Crippen MR) is 55.4 cm³/mol. The van der Waals surface area contributed by atoms with Crippen LogP contribution in [-0.4, -0.2) is 42.3 Å². The minimum Gasteiger partial charge on any atom is -0.465 e. The van der Waals surface area contributed by atoms with Gasteiger partial charge in [0.25, 0.3) is 0 Å². The maximum absolute atomic E-state index is 10.3. The van der Waals surface area contributed by atoms with E-state index in [4.69, 9.17) is 10.5 Å². The highest BCUT2D eigenvalue weighted by Crippen LogP contribution is 2.03. The van der Waals surface area contributed by atoms with Crippen molar-refractivity contribution < 1.29 is 14.4 Å². The SMILES string of the molecule is CCCCC[N+](C)(C)C(=N)NC(=O)O. The smallest absolute Gasteiger partial charge is 0.414 e. The van der Waals surface area contributed by atoms with Crippen LogP contribution in [0.15, 0.2) is 0 Å².